The highest BCUT2D eigenvalue weighted by atomic mass is 35.5. The van der Waals surface area contributed by atoms with Gasteiger partial charge in [-0.3, -0.25) is 4.79 Å². The molecule has 8 nitrogen and oxygen atoms in total. The van der Waals surface area contributed by atoms with Gasteiger partial charge in [0.1, 0.15) is 18.1 Å². The van der Waals surface area contributed by atoms with Crippen molar-refractivity contribution in [3.05, 3.63) is 65.3 Å². The number of halogens is 1. The van der Waals surface area contributed by atoms with Crippen LogP contribution in [-0.4, -0.2) is 46.3 Å². The highest BCUT2D eigenvalue weighted by Crippen LogP contribution is 2.27. The first kappa shape index (κ1) is 28.1. The fourth-order valence-corrected chi connectivity index (χ4v) is 3.74. The summed E-state index contributed by atoms with van der Waals surface area (Å²) in [4.78, 5) is 27.9. The van der Waals surface area contributed by atoms with Gasteiger partial charge in [-0.15, -0.1) is 0 Å². The lowest BCUT2D eigenvalue weighted by molar-refractivity contribution is -0.116. The first-order chi connectivity index (χ1) is 17.6. The van der Waals surface area contributed by atoms with Crippen molar-refractivity contribution < 1.29 is 14.3 Å². The number of hydrogen-bond donors (Lipinski definition) is 2. The van der Waals surface area contributed by atoms with Crippen molar-refractivity contribution in [1.29, 1.82) is 0 Å². The number of benzene rings is 2. The number of nitrogens with zero attached hydrogens (tertiary/aromatic N) is 3. The summed E-state index contributed by atoms with van der Waals surface area (Å²) in [6.07, 6.45) is 1.66. The van der Waals surface area contributed by atoms with E-state index in [0.717, 1.165) is 24.2 Å². The SMILES string of the molecule is CCCCN(CC(=O)Nc1cc(C(C)(C)C)nn1-c1ccc(Cl)cc1)C(=O)Nc1ccccc1OCC. The topological polar surface area (TPSA) is 88.5 Å². The van der Waals surface area contributed by atoms with Gasteiger partial charge < -0.3 is 20.3 Å². The number of carbonyl (C=O) groups is 2. The summed E-state index contributed by atoms with van der Waals surface area (Å²) in [6.45, 7) is 10.9. The Hall–Kier alpha value is -3.52. The number of rotatable bonds is 10. The zero-order valence-electron chi connectivity index (χ0n) is 22.2. The number of nitrogens with one attached hydrogen (secondary N) is 2. The number of aromatic nitrogens is 2. The van der Waals surface area contributed by atoms with Crippen molar-refractivity contribution in [1.82, 2.24) is 14.7 Å². The van der Waals surface area contributed by atoms with Crippen LogP contribution in [0.4, 0.5) is 16.3 Å². The minimum Gasteiger partial charge on any atom is -0.492 e. The molecule has 1 heterocycles. The third kappa shape index (κ3) is 7.73. The predicted octanol–water partition coefficient (Wildman–Crippen LogP) is 6.49. The van der Waals surface area contributed by atoms with Crippen molar-refractivity contribution in [2.45, 2.75) is 52.9 Å². The minimum absolute atomic E-state index is 0.112. The van der Waals surface area contributed by atoms with E-state index in [2.05, 4.69) is 31.4 Å². The van der Waals surface area contributed by atoms with Crippen LogP contribution in [0.25, 0.3) is 5.69 Å². The highest BCUT2D eigenvalue weighted by molar-refractivity contribution is 6.30. The van der Waals surface area contributed by atoms with Crippen molar-refractivity contribution in [2.75, 3.05) is 30.3 Å². The summed E-state index contributed by atoms with van der Waals surface area (Å²) in [5.41, 5.74) is 1.93. The zero-order chi connectivity index (χ0) is 27.0. The van der Waals surface area contributed by atoms with E-state index in [1.54, 1.807) is 28.9 Å². The van der Waals surface area contributed by atoms with Gasteiger partial charge in [0, 0.05) is 23.0 Å². The summed E-state index contributed by atoms with van der Waals surface area (Å²) in [5.74, 6) is 0.787. The first-order valence-corrected chi connectivity index (χ1v) is 12.9. The third-order valence-corrected chi connectivity index (χ3v) is 5.90. The summed E-state index contributed by atoms with van der Waals surface area (Å²) >= 11 is 6.06. The molecule has 2 aromatic carbocycles. The predicted molar refractivity (Wildman–Crippen MR) is 149 cm³/mol. The maximum Gasteiger partial charge on any atom is 0.322 e. The largest absolute Gasteiger partial charge is 0.492 e. The molecule has 0 fully saturated rings. The number of hydrogen-bond acceptors (Lipinski definition) is 4. The van der Waals surface area contributed by atoms with E-state index in [0.29, 0.717) is 35.4 Å². The van der Waals surface area contributed by atoms with Crippen molar-refractivity contribution in [3.63, 3.8) is 0 Å². The molecule has 3 amide bonds. The van der Waals surface area contributed by atoms with Crippen molar-refractivity contribution in [2.24, 2.45) is 0 Å². The van der Waals surface area contributed by atoms with E-state index >= 15 is 0 Å². The Morgan fingerprint density at radius 1 is 1.05 bits per heavy atom. The molecule has 0 unspecified atom stereocenters. The minimum atomic E-state index is -0.364. The summed E-state index contributed by atoms with van der Waals surface area (Å²) in [7, 11) is 0. The molecule has 9 heteroatoms. The average Bonchev–Trinajstić information content (AvgIpc) is 3.27. The molecule has 0 radical (unpaired) electrons. The fourth-order valence-electron chi connectivity index (χ4n) is 3.62. The van der Waals surface area contributed by atoms with E-state index in [1.807, 2.05) is 44.2 Å². The molecule has 198 valence electrons. The highest BCUT2D eigenvalue weighted by Gasteiger charge is 2.23. The molecule has 0 saturated heterocycles. The summed E-state index contributed by atoms with van der Waals surface area (Å²) in [5, 5.41) is 11.2. The molecule has 0 spiro atoms. The van der Waals surface area contributed by atoms with Crippen LogP contribution in [0.15, 0.2) is 54.6 Å². The lowest BCUT2D eigenvalue weighted by atomic mass is 9.92. The maximum atomic E-state index is 13.2. The van der Waals surface area contributed by atoms with Crippen LogP contribution in [-0.2, 0) is 10.2 Å². The average molecular weight is 526 g/mol. The van der Waals surface area contributed by atoms with Crippen LogP contribution in [0.2, 0.25) is 5.02 Å². The van der Waals surface area contributed by atoms with Crippen molar-refractivity contribution in [3.8, 4) is 11.4 Å². The molecule has 0 saturated carbocycles. The van der Waals surface area contributed by atoms with Crippen LogP contribution in [0, 0.1) is 0 Å². The van der Waals surface area contributed by atoms with Gasteiger partial charge in [0.25, 0.3) is 0 Å². The van der Waals surface area contributed by atoms with Crippen LogP contribution in [0.5, 0.6) is 5.75 Å². The van der Waals surface area contributed by atoms with Gasteiger partial charge in [-0.05, 0) is 49.7 Å². The lowest BCUT2D eigenvalue weighted by Gasteiger charge is -2.23. The van der Waals surface area contributed by atoms with Gasteiger partial charge >= 0.3 is 6.03 Å². The Balaban J connectivity index is 1.80. The Kier molecular flexibility index (Phi) is 9.58. The Bertz CT molecular complexity index is 1200. The fraction of sp³-hybridized carbons (Fsp3) is 0.393. The molecule has 1 aromatic heterocycles. The number of anilines is 2. The second-order valence-electron chi connectivity index (χ2n) is 9.74. The van der Waals surface area contributed by atoms with E-state index in [9.17, 15) is 9.59 Å². The summed E-state index contributed by atoms with van der Waals surface area (Å²) in [6, 6.07) is 16.0. The molecule has 3 rings (SSSR count). The van der Waals surface area contributed by atoms with E-state index in [-0.39, 0.29) is 23.9 Å². The quantitative estimate of drug-likeness (QED) is 0.316. The van der Waals surface area contributed by atoms with Gasteiger partial charge in [0.05, 0.1) is 23.7 Å². The number of ether oxygens (including phenoxy) is 1. The monoisotopic (exact) mass is 525 g/mol. The zero-order valence-corrected chi connectivity index (χ0v) is 22.9. The number of para-hydroxylation sites is 2. The maximum absolute atomic E-state index is 13.2. The molecule has 2 N–H and O–H groups in total. The van der Waals surface area contributed by atoms with Crippen LogP contribution in [0.1, 0.15) is 53.2 Å². The summed E-state index contributed by atoms with van der Waals surface area (Å²) < 4.78 is 7.30. The second kappa shape index (κ2) is 12.6. The van der Waals surface area contributed by atoms with Gasteiger partial charge in [-0.2, -0.15) is 5.10 Å². The number of unbranched alkanes of at least 4 members (excludes halogenated alkanes) is 1. The molecule has 37 heavy (non-hydrogen) atoms. The van der Waals surface area contributed by atoms with Gasteiger partial charge in [0.15, 0.2) is 0 Å². The lowest BCUT2D eigenvalue weighted by Crippen LogP contribution is -2.41. The van der Waals surface area contributed by atoms with Crippen LogP contribution in [0.3, 0.4) is 0 Å². The molecule has 3 aromatic rings. The smallest absolute Gasteiger partial charge is 0.322 e. The second-order valence-corrected chi connectivity index (χ2v) is 10.2. The number of carbonyl (C=O) groups excluding carboxylic acids is 2. The molecule has 0 aliphatic rings. The van der Waals surface area contributed by atoms with Crippen molar-refractivity contribution >= 4 is 35.0 Å². The standard InChI is InChI=1S/C28H36ClN5O3/c1-6-8-17-33(27(36)30-22-11-9-10-12-23(22)37-7-2)19-26(35)31-25-18-24(28(3,4)5)32-34(25)21-15-13-20(29)14-16-21/h9-16,18H,6-8,17,19H2,1-5H3,(H,30,36)(H,31,35). The molecular weight excluding hydrogens is 490 g/mol. The molecular formula is C28H36ClN5O3. The molecule has 0 aliphatic carbocycles. The van der Waals surface area contributed by atoms with Crippen LogP contribution < -0.4 is 15.4 Å². The molecule has 0 bridgehead atoms. The Labute approximate surface area is 223 Å². The van der Waals surface area contributed by atoms with E-state index in [1.165, 1.54) is 4.90 Å². The van der Waals surface area contributed by atoms with Crippen LogP contribution >= 0.6 is 11.6 Å². The first-order valence-electron chi connectivity index (χ1n) is 12.6. The molecule has 0 atom stereocenters. The number of amides is 3. The normalized spacial score (nSPS) is 11.2. The third-order valence-electron chi connectivity index (χ3n) is 5.65. The van der Waals surface area contributed by atoms with Gasteiger partial charge in [-0.1, -0.05) is 57.8 Å². The van der Waals surface area contributed by atoms with Gasteiger partial charge in [-0.25, -0.2) is 9.48 Å². The molecule has 0 aliphatic heterocycles. The Morgan fingerprint density at radius 2 is 1.76 bits per heavy atom. The van der Waals surface area contributed by atoms with E-state index < -0.39 is 0 Å². The van der Waals surface area contributed by atoms with E-state index in [4.69, 9.17) is 21.4 Å². The van der Waals surface area contributed by atoms with Gasteiger partial charge in [0.2, 0.25) is 5.91 Å². The number of urea groups is 1. The Morgan fingerprint density at radius 3 is 2.41 bits per heavy atom.